The SMILES string of the molecule is CN(CCOP(Oc1c(C(C)(C)C)cc(CCC=O)cc1C(C)(C)C)C(C)(C)C)CCOC(C)(C)C. The first kappa shape index (κ1) is 33.0. The van der Waals surface area contributed by atoms with Crippen molar-refractivity contribution < 1.29 is 18.6 Å². The third-order valence-corrected chi connectivity index (χ3v) is 7.59. The second-order valence-corrected chi connectivity index (χ2v) is 16.1. The summed E-state index contributed by atoms with van der Waals surface area (Å²) in [7, 11) is 0.899. The predicted molar refractivity (Wildman–Crippen MR) is 155 cm³/mol. The Morgan fingerprint density at radius 2 is 1.33 bits per heavy atom. The molecular weight excluding hydrogens is 469 g/mol. The van der Waals surface area contributed by atoms with Crippen molar-refractivity contribution in [2.75, 3.05) is 33.4 Å². The first-order valence-electron chi connectivity index (χ1n) is 13.3. The lowest BCUT2D eigenvalue weighted by Crippen LogP contribution is -2.30. The standard InChI is InChI=1S/C30H54NO4P/c1-27(2,3)24-21-23(15-14-18-32)22-25(28(4,5)6)26(24)35-36(30(10,11)12)34-20-17-31(13)16-19-33-29(7,8)9/h18,21-22H,14-17,19-20H2,1-13H3. The molecule has 0 saturated carbocycles. The number of aryl methyl sites for hydroxylation is 1. The summed E-state index contributed by atoms with van der Waals surface area (Å²) in [6.07, 6.45) is 2.27. The van der Waals surface area contributed by atoms with Gasteiger partial charge in [-0.1, -0.05) is 74.4 Å². The lowest BCUT2D eigenvalue weighted by atomic mass is 9.78. The average molecular weight is 524 g/mol. The van der Waals surface area contributed by atoms with Crippen molar-refractivity contribution >= 4 is 14.7 Å². The highest BCUT2D eigenvalue weighted by Crippen LogP contribution is 2.54. The largest absolute Gasteiger partial charge is 0.446 e. The van der Waals surface area contributed by atoms with Gasteiger partial charge in [0.25, 0.3) is 0 Å². The molecule has 0 amide bonds. The van der Waals surface area contributed by atoms with Crippen LogP contribution in [0, 0.1) is 0 Å². The molecule has 0 aliphatic heterocycles. The number of benzene rings is 1. The van der Waals surface area contributed by atoms with Crippen molar-refractivity contribution in [1.29, 1.82) is 0 Å². The summed E-state index contributed by atoms with van der Waals surface area (Å²) in [6.45, 7) is 29.1. The Morgan fingerprint density at radius 3 is 1.75 bits per heavy atom. The Labute approximate surface area is 223 Å². The molecule has 0 N–H and O–H groups in total. The van der Waals surface area contributed by atoms with Crippen molar-refractivity contribution in [3.63, 3.8) is 0 Å². The lowest BCUT2D eigenvalue weighted by molar-refractivity contribution is -0.107. The maximum Gasteiger partial charge on any atom is 0.235 e. The molecule has 0 aliphatic rings. The van der Waals surface area contributed by atoms with E-state index in [9.17, 15) is 4.79 Å². The Hall–Kier alpha value is -1.00. The molecule has 1 aromatic carbocycles. The fourth-order valence-electron chi connectivity index (χ4n) is 3.61. The number of carbonyl (C=O) groups is 1. The van der Waals surface area contributed by atoms with Crippen molar-refractivity contribution in [3.05, 3.63) is 28.8 Å². The van der Waals surface area contributed by atoms with Crippen LogP contribution in [0.25, 0.3) is 0 Å². The second-order valence-electron chi connectivity index (χ2n) is 13.8. The third-order valence-electron chi connectivity index (χ3n) is 5.73. The summed E-state index contributed by atoms with van der Waals surface area (Å²) in [5.74, 6) is 0.942. The van der Waals surface area contributed by atoms with Gasteiger partial charge < -0.3 is 23.5 Å². The van der Waals surface area contributed by atoms with Crippen molar-refractivity contribution in [3.8, 4) is 5.75 Å². The van der Waals surface area contributed by atoms with Gasteiger partial charge in [0, 0.05) is 35.8 Å². The molecule has 6 heteroatoms. The van der Waals surface area contributed by atoms with Gasteiger partial charge in [0.1, 0.15) is 12.0 Å². The number of carbonyl (C=O) groups excluding carboxylic acids is 1. The molecule has 0 aliphatic carbocycles. The van der Waals surface area contributed by atoms with E-state index in [4.69, 9.17) is 13.8 Å². The van der Waals surface area contributed by atoms with Gasteiger partial charge in [-0.3, -0.25) is 0 Å². The molecule has 208 valence electrons. The van der Waals surface area contributed by atoms with Crippen LogP contribution in [-0.2, 0) is 31.3 Å². The minimum absolute atomic E-state index is 0.112. The number of ether oxygens (including phenoxy) is 1. The topological polar surface area (TPSA) is 48.0 Å². The van der Waals surface area contributed by atoms with Crippen molar-refractivity contribution in [1.82, 2.24) is 4.90 Å². The van der Waals surface area contributed by atoms with Gasteiger partial charge in [-0.05, 0) is 50.6 Å². The molecule has 0 saturated heterocycles. The van der Waals surface area contributed by atoms with Crippen LogP contribution in [-0.4, -0.2) is 55.3 Å². The van der Waals surface area contributed by atoms with Gasteiger partial charge >= 0.3 is 0 Å². The number of aldehydes is 1. The number of likely N-dealkylation sites (N-methyl/N-ethyl adjacent to an activating group) is 1. The minimum atomic E-state index is -1.20. The summed E-state index contributed by atoms with van der Waals surface area (Å²) in [4.78, 5) is 13.3. The van der Waals surface area contributed by atoms with E-state index in [1.807, 2.05) is 0 Å². The van der Waals surface area contributed by atoms with Gasteiger partial charge in [0.15, 0.2) is 0 Å². The molecule has 1 unspecified atom stereocenters. The summed E-state index contributed by atoms with van der Waals surface area (Å²) >= 11 is 0. The van der Waals surface area contributed by atoms with Crippen LogP contribution in [0.4, 0.5) is 0 Å². The van der Waals surface area contributed by atoms with Crippen molar-refractivity contribution in [2.24, 2.45) is 0 Å². The molecule has 0 fully saturated rings. The minimum Gasteiger partial charge on any atom is -0.446 e. The highest BCUT2D eigenvalue weighted by molar-refractivity contribution is 7.49. The highest BCUT2D eigenvalue weighted by Gasteiger charge is 2.34. The zero-order chi connectivity index (χ0) is 27.9. The third kappa shape index (κ3) is 11.6. The van der Waals surface area contributed by atoms with E-state index in [2.05, 4.69) is 107 Å². The maximum atomic E-state index is 11.1. The van der Waals surface area contributed by atoms with Crippen LogP contribution in [0.3, 0.4) is 0 Å². The predicted octanol–water partition coefficient (Wildman–Crippen LogP) is 7.67. The van der Waals surface area contributed by atoms with Crippen molar-refractivity contribution in [2.45, 2.75) is 118 Å². The first-order chi connectivity index (χ1) is 16.3. The number of nitrogens with zero attached hydrogens (tertiary/aromatic N) is 1. The molecule has 1 atom stereocenters. The Morgan fingerprint density at radius 1 is 0.833 bits per heavy atom. The van der Waals surface area contributed by atoms with E-state index in [0.29, 0.717) is 19.6 Å². The van der Waals surface area contributed by atoms with Crippen LogP contribution >= 0.6 is 8.38 Å². The Bertz CT molecular complexity index is 790. The smallest absolute Gasteiger partial charge is 0.235 e. The lowest BCUT2D eigenvalue weighted by Gasteiger charge is -2.35. The quantitative estimate of drug-likeness (QED) is 0.208. The summed E-state index contributed by atoms with van der Waals surface area (Å²) in [5, 5.41) is -0.149. The fourth-order valence-corrected chi connectivity index (χ4v) is 4.93. The summed E-state index contributed by atoms with van der Waals surface area (Å²) in [6, 6.07) is 4.46. The monoisotopic (exact) mass is 523 g/mol. The van der Waals surface area contributed by atoms with E-state index >= 15 is 0 Å². The van der Waals surface area contributed by atoms with E-state index in [1.165, 1.54) is 16.7 Å². The molecule has 0 aromatic heterocycles. The molecule has 1 aromatic rings. The summed E-state index contributed by atoms with van der Waals surface area (Å²) in [5.41, 5.74) is 3.19. The molecule has 0 bridgehead atoms. The zero-order valence-electron chi connectivity index (χ0n) is 25.5. The summed E-state index contributed by atoms with van der Waals surface area (Å²) < 4.78 is 19.2. The molecule has 0 heterocycles. The molecule has 0 spiro atoms. The van der Waals surface area contributed by atoms with Crippen LogP contribution in [0.5, 0.6) is 5.75 Å². The highest BCUT2D eigenvalue weighted by atomic mass is 31.2. The molecular formula is C30H54NO4P. The van der Waals surface area contributed by atoms with Gasteiger partial charge in [-0.25, -0.2) is 0 Å². The Balaban J connectivity index is 3.20. The zero-order valence-corrected chi connectivity index (χ0v) is 26.4. The fraction of sp³-hybridized carbons (Fsp3) is 0.767. The second kappa shape index (κ2) is 13.2. The number of rotatable bonds is 12. The molecule has 36 heavy (non-hydrogen) atoms. The maximum absolute atomic E-state index is 11.1. The van der Waals surface area contributed by atoms with E-state index in [-0.39, 0.29) is 21.6 Å². The van der Waals surface area contributed by atoms with Crippen LogP contribution in [0.2, 0.25) is 0 Å². The molecule has 5 nitrogen and oxygen atoms in total. The van der Waals surface area contributed by atoms with Crippen LogP contribution in [0.1, 0.15) is 106 Å². The normalized spacial score (nSPS) is 14.3. The number of hydrogen-bond donors (Lipinski definition) is 0. The molecule has 1 rings (SSSR count). The van der Waals surface area contributed by atoms with Crippen LogP contribution in [0.15, 0.2) is 12.1 Å². The average Bonchev–Trinajstić information content (AvgIpc) is 2.68. The van der Waals surface area contributed by atoms with Gasteiger partial charge in [-0.15, -0.1) is 0 Å². The van der Waals surface area contributed by atoms with E-state index in [0.717, 1.165) is 31.5 Å². The number of hydrogen-bond acceptors (Lipinski definition) is 5. The Kier molecular flexibility index (Phi) is 12.1. The van der Waals surface area contributed by atoms with E-state index < -0.39 is 8.38 Å². The van der Waals surface area contributed by atoms with E-state index in [1.54, 1.807) is 0 Å². The molecule has 0 radical (unpaired) electrons. The van der Waals surface area contributed by atoms with Crippen LogP contribution < -0.4 is 4.52 Å². The van der Waals surface area contributed by atoms with Gasteiger partial charge in [-0.2, -0.15) is 0 Å². The first-order valence-corrected chi connectivity index (χ1v) is 14.5. The van der Waals surface area contributed by atoms with Gasteiger partial charge in [0.05, 0.1) is 18.8 Å². The van der Waals surface area contributed by atoms with Gasteiger partial charge in [0.2, 0.25) is 8.38 Å².